The molecule has 5 nitrogen and oxygen atoms in total. The predicted molar refractivity (Wildman–Crippen MR) is 68.9 cm³/mol. The Kier molecular flexibility index (Phi) is 10.1. The molecule has 0 heterocycles. The van der Waals surface area contributed by atoms with Crippen molar-refractivity contribution in [3.63, 3.8) is 0 Å². The molecule has 0 aliphatic rings. The number of rotatable bonds is 6. The van der Waals surface area contributed by atoms with E-state index in [1.165, 1.54) is 7.11 Å². The molecule has 1 amide bonds. The van der Waals surface area contributed by atoms with Crippen molar-refractivity contribution in [2.75, 3.05) is 7.11 Å². The Morgan fingerprint density at radius 1 is 1.35 bits per heavy atom. The van der Waals surface area contributed by atoms with Crippen molar-refractivity contribution in [1.29, 1.82) is 0 Å². The summed E-state index contributed by atoms with van der Waals surface area (Å²) in [6.45, 7) is 5.63. The van der Waals surface area contributed by atoms with Gasteiger partial charge in [0.05, 0.1) is 13.2 Å². The summed E-state index contributed by atoms with van der Waals surface area (Å²) in [6, 6.07) is -1.18. The number of carbonyl (C=O) groups is 2. The molecule has 0 aliphatic heterocycles. The smallest absolute Gasteiger partial charge is 0.328 e. The summed E-state index contributed by atoms with van der Waals surface area (Å²) in [5, 5.41) is 2.61. The molecular formula is C11H23ClN2O3. The molecular weight excluding hydrogens is 244 g/mol. The molecule has 0 saturated heterocycles. The van der Waals surface area contributed by atoms with Gasteiger partial charge in [0.2, 0.25) is 5.91 Å². The van der Waals surface area contributed by atoms with Crippen LogP contribution in [0.3, 0.4) is 0 Å². The minimum absolute atomic E-state index is 0. The first-order valence-electron chi connectivity index (χ1n) is 5.57. The highest BCUT2D eigenvalue weighted by Crippen LogP contribution is 2.04. The van der Waals surface area contributed by atoms with E-state index in [4.69, 9.17) is 5.73 Å². The van der Waals surface area contributed by atoms with Crippen LogP contribution in [-0.4, -0.2) is 31.1 Å². The molecule has 0 radical (unpaired) electrons. The summed E-state index contributed by atoms with van der Waals surface area (Å²) in [5.74, 6) is -0.761. The molecule has 0 spiro atoms. The average molecular weight is 267 g/mol. The number of nitrogens with two attached hydrogens (primary N) is 1. The number of carbonyl (C=O) groups excluding carboxylic acids is 2. The standard InChI is InChI=1S/C11H22N2O3.ClH/c1-5-6-8(12)10(14)13-9(7(2)3)11(15)16-4;/h7-9H,5-6,12H2,1-4H3,(H,13,14);1H. The van der Waals surface area contributed by atoms with E-state index in [0.29, 0.717) is 6.42 Å². The number of hydrogen-bond acceptors (Lipinski definition) is 4. The van der Waals surface area contributed by atoms with Crippen molar-refractivity contribution in [2.24, 2.45) is 11.7 Å². The van der Waals surface area contributed by atoms with Crippen LogP contribution in [-0.2, 0) is 14.3 Å². The van der Waals surface area contributed by atoms with Crippen LogP contribution >= 0.6 is 12.4 Å². The van der Waals surface area contributed by atoms with Crippen LogP contribution in [0.5, 0.6) is 0 Å². The fraction of sp³-hybridized carbons (Fsp3) is 0.818. The molecule has 0 aromatic rings. The van der Waals surface area contributed by atoms with Crippen LogP contribution in [0, 0.1) is 5.92 Å². The van der Waals surface area contributed by atoms with E-state index in [0.717, 1.165) is 6.42 Å². The Hall–Kier alpha value is -0.810. The zero-order chi connectivity index (χ0) is 12.7. The van der Waals surface area contributed by atoms with Gasteiger partial charge in [-0.05, 0) is 12.3 Å². The number of ether oxygens (including phenoxy) is 1. The van der Waals surface area contributed by atoms with Gasteiger partial charge in [-0.15, -0.1) is 12.4 Å². The predicted octanol–water partition coefficient (Wildman–Crippen LogP) is 0.849. The largest absolute Gasteiger partial charge is 0.467 e. The van der Waals surface area contributed by atoms with Gasteiger partial charge in [0.25, 0.3) is 0 Å². The molecule has 0 aliphatic carbocycles. The molecule has 6 heteroatoms. The second-order valence-corrected chi connectivity index (χ2v) is 4.15. The van der Waals surface area contributed by atoms with Gasteiger partial charge in [0.15, 0.2) is 0 Å². The van der Waals surface area contributed by atoms with Gasteiger partial charge >= 0.3 is 5.97 Å². The van der Waals surface area contributed by atoms with Crippen LogP contribution < -0.4 is 11.1 Å². The minimum Gasteiger partial charge on any atom is -0.467 e. The van der Waals surface area contributed by atoms with E-state index in [2.05, 4.69) is 10.1 Å². The Morgan fingerprint density at radius 2 is 1.88 bits per heavy atom. The Bertz CT molecular complexity index is 247. The molecule has 0 saturated carbocycles. The van der Waals surface area contributed by atoms with Gasteiger partial charge in [0, 0.05) is 0 Å². The zero-order valence-corrected chi connectivity index (χ0v) is 11.7. The van der Waals surface area contributed by atoms with Gasteiger partial charge < -0.3 is 15.8 Å². The van der Waals surface area contributed by atoms with Crippen molar-refractivity contribution in [1.82, 2.24) is 5.32 Å². The molecule has 0 aromatic heterocycles. The zero-order valence-electron chi connectivity index (χ0n) is 10.9. The van der Waals surface area contributed by atoms with Crippen LogP contribution in [0.4, 0.5) is 0 Å². The molecule has 2 unspecified atom stereocenters. The average Bonchev–Trinajstić information content (AvgIpc) is 2.24. The van der Waals surface area contributed by atoms with Crippen molar-refractivity contribution < 1.29 is 14.3 Å². The summed E-state index contributed by atoms with van der Waals surface area (Å²) in [4.78, 5) is 23.0. The quantitative estimate of drug-likeness (QED) is 0.699. The van der Waals surface area contributed by atoms with Crippen molar-refractivity contribution >= 4 is 24.3 Å². The molecule has 0 bridgehead atoms. The third kappa shape index (κ3) is 6.48. The van der Waals surface area contributed by atoms with Gasteiger partial charge in [-0.1, -0.05) is 27.2 Å². The molecule has 0 aromatic carbocycles. The minimum atomic E-state index is -0.625. The number of esters is 1. The number of halogens is 1. The van der Waals surface area contributed by atoms with Crippen LogP contribution in [0.1, 0.15) is 33.6 Å². The summed E-state index contributed by atoms with van der Waals surface area (Å²) in [5.41, 5.74) is 5.65. The highest BCUT2D eigenvalue weighted by Gasteiger charge is 2.26. The second-order valence-electron chi connectivity index (χ2n) is 4.15. The summed E-state index contributed by atoms with van der Waals surface area (Å²) in [7, 11) is 1.30. The van der Waals surface area contributed by atoms with E-state index >= 15 is 0 Å². The molecule has 17 heavy (non-hydrogen) atoms. The van der Waals surface area contributed by atoms with Gasteiger partial charge in [-0.2, -0.15) is 0 Å². The maximum Gasteiger partial charge on any atom is 0.328 e. The Balaban J connectivity index is 0. The SMILES string of the molecule is CCCC(N)C(=O)NC(C(=O)OC)C(C)C.Cl. The van der Waals surface area contributed by atoms with E-state index in [9.17, 15) is 9.59 Å². The topological polar surface area (TPSA) is 81.4 Å². The lowest BCUT2D eigenvalue weighted by Gasteiger charge is -2.21. The summed E-state index contributed by atoms with van der Waals surface area (Å²) in [6.07, 6.45) is 1.44. The van der Waals surface area contributed by atoms with E-state index in [1.54, 1.807) is 0 Å². The Morgan fingerprint density at radius 3 is 2.24 bits per heavy atom. The van der Waals surface area contributed by atoms with Gasteiger partial charge in [0.1, 0.15) is 6.04 Å². The van der Waals surface area contributed by atoms with E-state index in [1.807, 2.05) is 20.8 Å². The van der Waals surface area contributed by atoms with E-state index < -0.39 is 18.1 Å². The Labute approximate surface area is 109 Å². The second kappa shape index (κ2) is 9.24. The van der Waals surface area contributed by atoms with Gasteiger partial charge in [-0.3, -0.25) is 4.79 Å². The molecule has 102 valence electrons. The molecule has 0 rings (SSSR count). The lowest BCUT2D eigenvalue weighted by molar-refractivity contribution is -0.146. The third-order valence-corrected chi connectivity index (χ3v) is 2.36. The lowest BCUT2D eigenvalue weighted by atomic mass is 10.0. The monoisotopic (exact) mass is 266 g/mol. The number of nitrogens with one attached hydrogen (secondary N) is 1. The first kappa shape index (κ1) is 18.6. The van der Waals surface area contributed by atoms with Crippen LogP contribution in [0.15, 0.2) is 0 Å². The molecule has 0 fully saturated rings. The maximum absolute atomic E-state index is 11.6. The molecule has 3 N–H and O–H groups in total. The lowest BCUT2D eigenvalue weighted by Crippen LogP contribution is -2.50. The maximum atomic E-state index is 11.6. The fourth-order valence-corrected chi connectivity index (χ4v) is 1.33. The normalized spacial score (nSPS) is 13.5. The number of methoxy groups -OCH3 is 1. The summed E-state index contributed by atoms with van der Waals surface area (Å²) < 4.78 is 4.62. The number of hydrogen-bond donors (Lipinski definition) is 2. The van der Waals surface area contributed by atoms with Crippen LogP contribution in [0.25, 0.3) is 0 Å². The van der Waals surface area contributed by atoms with E-state index in [-0.39, 0.29) is 24.2 Å². The van der Waals surface area contributed by atoms with Crippen molar-refractivity contribution in [3.8, 4) is 0 Å². The highest BCUT2D eigenvalue weighted by atomic mass is 35.5. The highest BCUT2D eigenvalue weighted by molar-refractivity contribution is 5.87. The number of amides is 1. The first-order valence-corrected chi connectivity index (χ1v) is 5.57. The molecule has 2 atom stereocenters. The first-order chi connectivity index (χ1) is 7.43. The van der Waals surface area contributed by atoms with Crippen molar-refractivity contribution in [3.05, 3.63) is 0 Å². The van der Waals surface area contributed by atoms with Crippen molar-refractivity contribution in [2.45, 2.75) is 45.7 Å². The van der Waals surface area contributed by atoms with Crippen LogP contribution in [0.2, 0.25) is 0 Å². The third-order valence-electron chi connectivity index (χ3n) is 2.36. The summed E-state index contributed by atoms with van der Waals surface area (Å²) >= 11 is 0. The fourth-order valence-electron chi connectivity index (χ4n) is 1.33. The van der Waals surface area contributed by atoms with Gasteiger partial charge in [-0.25, -0.2) is 4.79 Å².